The number of hydrogen-bond donors (Lipinski definition) is 1. The van der Waals surface area contributed by atoms with Crippen molar-refractivity contribution >= 4 is 16.9 Å². The lowest BCUT2D eigenvalue weighted by molar-refractivity contribution is -0.143. The Morgan fingerprint density at radius 2 is 2.37 bits per heavy atom. The lowest BCUT2D eigenvalue weighted by atomic mass is 10.0. The second-order valence-corrected chi connectivity index (χ2v) is 4.11. The third kappa shape index (κ3) is 2.98. The third-order valence-electron chi connectivity index (χ3n) is 2.86. The van der Waals surface area contributed by atoms with Crippen molar-refractivity contribution in [3.63, 3.8) is 0 Å². The quantitative estimate of drug-likeness (QED) is 0.658. The van der Waals surface area contributed by atoms with Gasteiger partial charge >= 0.3 is 5.97 Å². The molecule has 1 unspecified atom stereocenters. The highest BCUT2D eigenvalue weighted by atomic mass is 16.5. The van der Waals surface area contributed by atoms with E-state index in [-0.39, 0.29) is 5.97 Å². The molecule has 2 rings (SSSR count). The van der Waals surface area contributed by atoms with E-state index in [4.69, 9.17) is 4.74 Å². The van der Waals surface area contributed by atoms with Crippen LogP contribution < -0.4 is 5.32 Å². The number of rotatable bonds is 5. The van der Waals surface area contributed by atoms with E-state index in [2.05, 4.69) is 16.9 Å². The van der Waals surface area contributed by atoms with Gasteiger partial charge in [0.05, 0.1) is 12.6 Å². The van der Waals surface area contributed by atoms with Gasteiger partial charge in [0.15, 0.2) is 0 Å². The molecule has 19 heavy (non-hydrogen) atoms. The zero-order chi connectivity index (χ0) is 13.7. The minimum Gasteiger partial charge on any atom is -0.468 e. The van der Waals surface area contributed by atoms with Crippen LogP contribution in [-0.2, 0) is 9.53 Å². The minimum absolute atomic E-state index is 0.315. The number of methoxy groups -OCH3 is 1. The Balaban J connectivity index is 2.37. The second kappa shape index (κ2) is 6.11. The molecule has 1 N–H and O–H groups in total. The molecule has 2 aromatic rings. The van der Waals surface area contributed by atoms with Crippen LogP contribution in [0.5, 0.6) is 0 Å². The van der Waals surface area contributed by atoms with Gasteiger partial charge < -0.3 is 4.74 Å². The van der Waals surface area contributed by atoms with Gasteiger partial charge in [0.25, 0.3) is 0 Å². The largest absolute Gasteiger partial charge is 0.468 e. The molecule has 0 bridgehead atoms. The lowest BCUT2D eigenvalue weighted by Gasteiger charge is -2.16. The first-order chi connectivity index (χ1) is 9.26. The summed E-state index contributed by atoms with van der Waals surface area (Å²) < 4.78 is 4.82. The molecule has 4 heteroatoms. The fourth-order valence-corrected chi connectivity index (χ4v) is 1.93. The Labute approximate surface area is 112 Å². The van der Waals surface area contributed by atoms with E-state index in [0.717, 1.165) is 16.5 Å². The highest BCUT2D eigenvalue weighted by molar-refractivity contribution is 5.83. The molecule has 0 amide bonds. The summed E-state index contributed by atoms with van der Waals surface area (Å²) in [6.07, 6.45) is 3.45. The van der Waals surface area contributed by atoms with Crippen molar-refractivity contribution in [1.82, 2.24) is 10.3 Å². The van der Waals surface area contributed by atoms with Gasteiger partial charge in [-0.2, -0.15) is 0 Å². The molecular formula is C15H16N2O2. The maximum Gasteiger partial charge on any atom is 0.327 e. The fourth-order valence-electron chi connectivity index (χ4n) is 1.93. The van der Waals surface area contributed by atoms with Gasteiger partial charge in [-0.05, 0) is 23.8 Å². The molecule has 4 nitrogen and oxygen atoms in total. The first-order valence-electron chi connectivity index (χ1n) is 6.03. The second-order valence-electron chi connectivity index (χ2n) is 4.11. The van der Waals surface area contributed by atoms with E-state index >= 15 is 0 Å². The smallest absolute Gasteiger partial charge is 0.327 e. The van der Waals surface area contributed by atoms with Gasteiger partial charge in [0.2, 0.25) is 0 Å². The summed E-state index contributed by atoms with van der Waals surface area (Å²) in [5, 5.41) is 4.08. The zero-order valence-corrected chi connectivity index (χ0v) is 10.8. The van der Waals surface area contributed by atoms with E-state index in [0.29, 0.717) is 6.54 Å². The van der Waals surface area contributed by atoms with Crippen molar-refractivity contribution in [2.75, 3.05) is 13.7 Å². The highest BCUT2D eigenvalue weighted by Gasteiger charge is 2.20. The number of esters is 1. The summed E-state index contributed by atoms with van der Waals surface area (Å²) in [5.74, 6) is -0.315. The standard InChI is InChI=1S/C15H16N2O2/c1-3-8-17-14(15(18)19-2)12-6-7-13-11(10-12)5-4-9-16-13/h3-7,9-10,14,17H,1,8H2,2H3. The molecule has 0 aliphatic heterocycles. The summed E-state index contributed by atoms with van der Waals surface area (Å²) in [6, 6.07) is 9.07. The molecular weight excluding hydrogens is 240 g/mol. The molecule has 0 fully saturated rings. The topological polar surface area (TPSA) is 51.2 Å². The number of ether oxygens (including phenoxy) is 1. The first-order valence-corrected chi connectivity index (χ1v) is 6.03. The Bertz CT molecular complexity index is 595. The maximum atomic E-state index is 11.8. The summed E-state index contributed by atoms with van der Waals surface area (Å²) in [7, 11) is 1.38. The summed E-state index contributed by atoms with van der Waals surface area (Å²) in [5.41, 5.74) is 1.76. The normalized spacial score (nSPS) is 12.1. The molecule has 0 aliphatic carbocycles. The molecule has 0 aliphatic rings. The SMILES string of the molecule is C=CCNC(C(=O)OC)c1ccc2ncccc2c1. The van der Waals surface area contributed by atoms with Crippen molar-refractivity contribution in [1.29, 1.82) is 0 Å². The van der Waals surface area contributed by atoms with E-state index in [1.165, 1.54) is 7.11 Å². The number of fused-ring (bicyclic) bond motifs is 1. The molecule has 98 valence electrons. The summed E-state index contributed by atoms with van der Waals surface area (Å²) in [4.78, 5) is 16.1. The van der Waals surface area contributed by atoms with Crippen LogP contribution in [-0.4, -0.2) is 24.6 Å². The number of benzene rings is 1. The van der Waals surface area contributed by atoms with Gasteiger partial charge in [-0.25, -0.2) is 4.79 Å². The molecule has 0 saturated heterocycles. The van der Waals surface area contributed by atoms with Gasteiger partial charge in [0.1, 0.15) is 6.04 Å². The number of nitrogens with one attached hydrogen (secondary N) is 1. The monoisotopic (exact) mass is 256 g/mol. The predicted octanol–water partition coefficient (Wildman–Crippen LogP) is 2.22. The van der Waals surface area contributed by atoms with E-state index in [9.17, 15) is 4.79 Å². The van der Waals surface area contributed by atoms with Crippen LogP contribution in [0.3, 0.4) is 0 Å². The zero-order valence-electron chi connectivity index (χ0n) is 10.8. The van der Waals surface area contributed by atoms with Crippen molar-refractivity contribution in [3.05, 3.63) is 54.7 Å². The van der Waals surface area contributed by atoms with Crippen LogP contribution >= 0.6 is 0 Å². The lowest BCUT2D eigenvalue weighted by Crippen LogP contribution is -2.29. The number of hydrogen-bond acceptors (Lipinski definition) is 4. The van der Waals surface area contributed by atoms with Crippen LogP contribution in [0.4, 0.5) is 0 Å². The maximum absolute atomic E-state index is 11.8. The third-order valence-corrected chi connectivity index (χ3v) is 2.86. The van der Waals surface area contributed by atoms with E-state index in [1.807, 2.05) is 30.3 Å². The number of nitrogens with zero attached hydrogens (tertiary/aromatic N) is 1. The Morgan fingerprint density at radius 3 is 3.11 bits per heavy atom. The van der Waals surface area contributed by atoms with Gasteiger partial charge in [-0.1, -0.05) is 18.2 Å². The van der Waals surface area contributed by atoms with Crippen molar-refractivity contribution < 1.29 is 9.53 Å². The fraction of sp³-hybridized carbons (Fsp3) is 0.200. The number of carbonyl (C=O) groups is 1. The molecule has 0 saturated carbocycles. The Hall–Kier alpha value is -2.20. The van der Waals surface area contributed by atoms with Gasteiger partial charge in [-0.15, -0.1) is 6.58 Å². The molecule has 1 aromatic carbocycles. The van der Waals surface area contributed by atoms with Crippen LogP contribution in [0.25, 0.3) is 10.9 Å². The molecule has 0 radical (unpaired) electrons. The number of pyridine rings is 1. The summed E-state index contributed by atoms with van der Waals surface area (Å²) >= 11 is 0. The predicted molar refractivity (Wildman–Crippen MR) is 74.7 cm³/mol. The van der Waals surface area contributed by atoms with Crippen molar-refractivity contribution in [3.8, 4) is 0 Å². The number of carbonyl (C=O) groups excluding carboxylic acids is 1. The van der Waals surface area contributed by atoms with Crippen molar-refractivity contribution in [2.45, 2.75) is 6.04 Å². The first kappa shape index (κ1) is 13.2. The Kier molecular flexibility index (Phi) is 4.26. The average molecular weight is 256 g/mol. The average Bonchev–Trinajstić information content (AvgIpc) is 2.47. The highest BCUT2D eigenvalue weighted by Crippen LogP contribution is 2.20. The van der Waals surface area contributed by atoms with Crippen LogP contribution in [0.1, 0.15) is 11.6 Å². The van der Waals surface area contributed by atoms with E-state index < -0.39 is 6.04 Å². The molecule has 1 aromatic heterocycles. The van der Waals surface area contributed by atoms with Gasteiger partial charge in [-0.3, -0.25) is 10.3 Å². The molecule has 0 spiro atoms. The van der Waals surface area contributed by atoms with Crippen LogP contribution in [0, 0.1) is 0 Å². The van der Waals surface area contributed by atoms with Crippen LogP contribution in [0.2, 0.25) is 0 Å². The van der Waals surface area contributed by atoms with Crippen LogP contribution in [0.15, 0.2) is 49.2 Å². The minimum atomic E-state index is -0.493. The van der Waals surface area contributed by atoms with Gasteiger partial charge in [0, 0.05) is 18.1 Å². The Morgan fingerprint density at radius 1 is 1.53 bits per heavy atom. The molecule has 1 atom stereocenters. The van der Waals surface area contributed by atoms with Crippen molar-refractivity contribution in [2.24, 2.45) is 0 Å². The number of aromatic nitrogens is 1. The molecule has 1 heterocycles. The summed E-state index contributed by atoms with van der Waals surface area (Å²) in [6.45, 7) is 4.17. The van der Waals surface area contributed by atoms with E-state index in [1.54, 1.807) is 12.3 Å².